The lowest BCUT2D eigenvalue weighted by Gasteiger charge is -2.27. The zero-order chi connectivity index (χ0) is 21.7. The van der Waals surface area contributed by atoms with Crippen LogP contribution < -0.4 is 4.90 Å². The van der Waals surface area contributed by atoms with E-state index >= 15 is 0 Å². The van der Waals surface area contributed by atoms with E-state index in [0.29, 0.717) is 5.69 Å². The van der Waals surface area contributed by atoms with Crippen molar-refractivity contribution in [2.24, 2.45) is 0 Å². The van der Waals surface area contributed by atoms with Gasteiger partial charge in [0.15, 0.2) is 5.69 Å². The summed E-state index contributed by atoms with van der Waals surface area (Å²) in [7, 11) is 0. The monoisotopic (exact) mass is 472 g/mol. The average Bonchev–Trinajstić information content (AvgIpc) is 2.85. The smallest absolute Gasteiger partial charge is 0.187 e. The normalized spacial score (nSPS) is 11.2. The topological polar surface area (TPSA) is 7.60 Å². The van der Waals surface area contributed by atoms with Gasteiger partial charge in [-0.15, -0.1) is 0 Å². The van der Waals surface area contributed by atoms with Crippen molar-refractivity contribution in [3.05, 3.63) is 119 Å². The van der Waals surface area contributed by atoms with E-state index in [1.165, 1.54) is 32.3 Å². The fourth-order valence-electron chi connectivity index (χ4n) is 4.63. The van der Waals surface area contributed by atoms with E-state index in [4.69, 9.17) is 6.57 Å². The minimum Gasteiger partial charge on any atom is -0.310 e. The molecule has 0 saturated heterocycles. The van der Waals surface area contributed by atoms with Crippen LogP contribution in [0.5, 0.6) is 0 Å². The molecule has 6 aromatic rings. The molecule has 6 aromatic carbocycles. The molecule has 0 atom stereocenters. The van der Waals surface area contributed by atoms with E-state index in [9.17, 15) is 0 Å². The molecule has 0 fully saturated rings. The van der Waals surface area contributed by atoms with E-state index in [-0.39, 0.29) is 0 Å². The van der Waals surface area contributed by atoms with Crippen molar-refractivity contribution in [3.8, 4) is 0 Å². The third-order valence-electron chi connectivity index (χ3n) is 6.08. The second-order valence-electron chi connectivity index (χ2n) is 7.85. The highest BCUT2D eigenvalue weighted by Gasteiger charge is 2.18. The number of nitrogens with zero attached hydrogens (tertiary/aromatic N) is 2. The van der Waals surface area contributed by atoms with E-state index in [1.807, 2.05) is 30.3 Å². The first kappa shape index (κ1) is 18.9. The Morgan fingerprint density at radius 3 is 1.91 bits per heavy atom. The Morgan fingerprint density at radius 1 is 0.594 bits per heavy atom. The molecule has 0 amide bonds. The van der Waals surface area contributed by atoms with E-state index in [2.05, 4.69) is 98.5 Å². The Hall–Kier alpha value is -3.87. The SMILES string of the molecule is [C-]#[N+]c1ccc(N(c2ccccc2)c2ccc3ccc4c(Br)ccc5ccc2c3c54)cc1. The summed E-state index contributed by atoms with van der Waals surface area (Å²) in [5.41, 5.74) is 3.87. The van der Waals surface area contributed by atoms with Crippen molar-refractivity contribution in [1.29, 1.82) is 0 Å². The van der Waals surface area contributed by atoms with Crippen LogP contribution in [0.1, 0.15) is 0 Å². The summed E-state index contributed by atoms with van der Waals surface area (Å²) in [5, 5.41) is 7.47. The lowest BCUT2D eigenvalue weighted by atomic mass is 9.93. The highest BCUT2D eigenvalue weighted by molar-refractivity contribution is 9.10. The first-order valence-electron chi connectivity index (χ1n) is 10.4. The van der Waals surface area contributed by atoms with Gasteiger partial charge in [0, 0.05) is 21.2 Å². The van der Waals surface area contributed by atoms with Crippen LogP contribution in [0.3, 0.4) is 0 Å². The maximum absolute atomic E-state index is 7.30. The molecule has 0 aliphatic rings. The predicted molar refractivity (Wildman–Crippen MR) is 139 cm³/mol. The molecular weight excluding hydrogens is 456 g/mol. The molecule has 2 nitrogen and oxygen atoms in total. The molecule has 150 valence electrons. The third kappa shape index (κ3) is 2.85. The molecule has 0 heterocycles. The number of rotatable bonds is 3. The Kier molecular flexibility index (Phi) is 4.35. The molecule has 0 aliphatic carbocycles. The van der Waals surface area contributed by atoms with Crippen molar-refractivity contribution < 1.29 is 0 Å². The number of halogens is 1. The van der Waals surface area contributed by atoms with Gasteiger partial charge in [0.25, 0.3) is 0 Å². The van der Waals surface area contributed by atoms with Crippen LogP contribution in [0.15, 0.2) is 108 Å². The van der Waals surface area contributed by atoms with E-state index in [1.54, 1.807) is 0 Å². The van der Waals surface area contributed by atoms with Gasteiger partial charge in [-0.05, 0) is 63.3 Å². The summed E-state index contributed by atoms with van der Waals surface area (Å²) in [5.74, 6) is 0. The maximum atomic E-state index is 7.30. The van der Waals surface area contributed by atoms with Crippen LogP contribution >= 0.6 is 15.9 Å². The van der Waals surface area contributed by atoms with Crippen LogP contribution in [0, 0.1) is 6.57 Å². The van der Waals surface area contributed by atoms with Crippen LogP contribution in [0.4, 0.5) is 22.7 Å². The number of para-hydroxylation sites is 1. The molecule has 0 bridgehead atoms. The van der Waals surface area contributed by atoms with Gasteiger partial charge in [0.1, 0.15) is 0 Å². The largest absolute Gasteiger partial charge is 0.310 e. The highest BCUT2D eigenvalue weighted by Crippen LogP contribution is 2.44. The second-order valence-corrected chi connectivity index (χ2v) is 8.71. The van der Waals surface area contributed by atoms with Gasteiger partial charge in [0.2, 0.25) is 0 Å². The number of anilines is 3. The first-order chi connectivity index (χ1) is 15.7. The first-order valence-corrected chi connectivity index (χ1v) is 11.2. The Balaban J connectivity index is 1.70. The summed E-state index contributed by atoms with van der Waals surface area (Å²) in [6, 6.07) is 35.8. The average molecular weight is 473 g/mol. The third-order valence-corrected chi connectivity index (χ3v) is 6.77. The van der Waals surface area contributed by atoms with Gasteiger partial charge < -0.3 is 4.90 Å². The Labute approximate surface area is 194 Å². The molecule has 3 heteroatoms. The fourth-order valence-corrected chi connectivity index (χ4v) is 5.09. The molecule has 0 unspecified atom stereocenters. The number of hydrogen-bond donors (Lipinski definition) is 0. The quantitative estimate of drug-likeness (QED) is 0.184. The highest BCUT2D eigenvalue weighted by atomic mass is 79.9. The lowest BCUT2D eigenvalue weighted by molar-refractivity contribution is 1.30. The lowest BCUT2D eigenvalue weighted by Crippen LogP contribution is -2.10. The molecule has 0 aliphatic heterocycles. The van der Waals surface area contributed by atoms with Crippen molar-refractivity contribution in [1.82, 2.24) is 0 Å². The zero-order valence-electron chi connectivity index (χ0n) is 17.1. The van der Waals surface area contributed by atoms with Crippen LogP contribution in [0.2, 0.25) is 0 Å². The summed E-state index contributed by atoms with van der Waals surface area (Å²) in [4.78, 5) is 5.83. The van der Waals surface area contributed by atoms with Crippen molar-refractivity contribution in [3.63, 3.8) is 0 Å². The number of benzene rings is 6. The molecule has 0 aromatic heterocycles. The Bertz CT molecular complexity index is 1630. The van der Waals surface area contributed by atoms with Crippen molar-refractivity contribution >= 4 is 71.0 Å². The van der Waals surface area contributed by atoms with Gasteiger partial charge in [-0.2, -0.15) is 0 Å². The summed E-state index contributed by atoms with van der Waals surface area (Å²) >= 11 is 3.74. The van der Waals surface area contributed by atoms with Gasteiger partial charge >= 0.3 is 0 Å². The second kappa shape index (κ2) is 7.37. The van der Waals surface area contributed by atoms with Gasteiger partial charge in [-0.1, -0.05) is 82.7 Å². The molecule has 0 N–H and O–H groups in total. The maximum Gasteiger partial charge on any atom is 0.187 e. The van der Waals surface area contributed by atoms with Crippen LogP contribution in [-0.4, -0.2) is 0 Å². The Morgan fingerprint density at radius 2 is 1.19 bits per heavy atom. The standard InChI is InChI=1S/C29H17BrN2/c1-31-21-11-13-23(14-12-21)32(22-5-3-2-4-6-22)27-18-10-20-7-15-24-26(30)17-9-19-8-16-25(27)29(20)28(19)24/h2-18H. The van der Waals surface area contributed by atoms with E-state index < -0.39 is 0 Å². The van der Waals surface area contributed by atoms with Crippen LogP contribution in [-0.2, 0) is 0 Å². The molecule has 0 radical (unpaired) electrons. The van der Waals surface area contributed by atoms with Gasteiger partial charge in [-0.25, -0.2) is 4.85 Å². The summed E-state index contributed by atoms with van der Waals surface area (Å²) in [6.07, 6.45) is 0. The molecule has 0 spiro atoms. The minimum atomic E-state index is 0.641. The molecule has 32 heavy (non-hydrogen) atoms. The minimum absolute atomic E-state index is 0.641. The predicted octanol–water partition coefficient (Wildman–Crippen LogP) is 9.37. The molecule has 6 rings (SSSR count). The van der Waals surface area contributed by atoms with Gasteiger partial charge in [-0.3, -0.25) is 0 Å². The fraction of sp³-hybridized carbons (Fsp3) is 0. The summed E-state index contributed by atoms with van der Waals surface area (Å²) < 4.78 is 1.11. The zero-order valence-corrected chi connectivity index (χ0v) is 18.7. The van der Waals surface area contributed by atoms with E-state index in [0.717, 1.165) is 21.5 Å². The molecule has 0 saturated carbocycles. The molecular formula is C29H17BrN2. The summed E-state index contributed by atoms with van der Waals surface area (Å²) in [6.45, 7) is 7.30. The van der Waals surface area contributed by atoms with Gasteiger partial charge in [0.05, 0.1) is 12.3 Å². The number of hydrogen-bond acceptors (Lipinski definition) is 1. The van der Waals surface area contributed by atoms with Crippen LogP contribution in [0.25, 0.3) is 37.2 Å². The van der Waals surface area contributed by atoms with Crippen molar-refractivity contribution in [2.75, 3.05) is 4.90 Å². The van der Waals surface area contributed by atoms with Crippen molar-refractivity contribution in [2.45, 2.75) is 0 Å².